The highest BCUT2D eigenvalue weighted by molar-refractivity contribution is 7.16. The van der Waals surface area contributed by atoms with Crippen LogP contribution >= 0.6 is 11.3 Å². The van der Waals surface area contributed by atoms with E-state index in [9.17, 15) is 14.9 Å². The van der Waals surface area contributed by atoms with E-state index < -0.39 is 0 Å². The summed E-state index contributed by atoms with van der Waals surface area (Å²) in [6.07, 6.45) is 0.800. The van der Waals surface area contributed by atoms with E-state index in [0.29, 0.717) is 10.6 Å². The third-order valence-electron chi connectivity index (χ3n) is 3.57. The molecule has 1 saturated heterocycles. The van der Waals surface area contributed by atoms with Gasteiger partial charge in [-0.25, -0.2) is 0 Å². The van der Waals surface area contributed by atoms with Crippen LogP contribution in [0, 0.1) is 11.3 Å². The van der Waals surface area contributed by atoms with Gasteiger partial charge in [-0.2, -0.15) is 5.26 Å². The fraction of sp³-hybridized carbons (Fsp3) is 0.462. The predicted octanol–water partition coefficient (Wildman–Crippen LogP) is 0.913. The number of hydrogen-bond acceptors (Lipinski definition) is 5. The normalized spacial score (nSPS) is 19.7. The van der Waals surface area contributed by atoms with Crippen molar-refractivity contribution in [1.82, 2.24) is 4.90 Å². The summed E-state index contributed by atoms with van der Waals surface area (Å²) in [6.45, 7) is 1.85. The van der Waals surface area contributed by atoms with Crippen LogP contribution in [0.3, 0.4) is 0 Å². The molecular weight excluding hydrogens is 262 g/mol. The van der Waals surface area contributed by atoms with Crippen LogP contribution in [0.2, 0.25) is 0 Å². The highest BCUT2D eigenvalue weighted by Crippen LogP contribution is 2.39. The van der Waals surface area contributed by atoms with Crippen LogP contribution < -0.4 is 4.90 Å². The molecule has 2 aliphatic heterocycles. The van der Waals surface area contributed by atoms with Gasteiger partial charge in [0, 0.05) is 18.0 Å². The highest BCUT2D eigenvalue weighted by atomic mass is 32.1. The monoisotopic (exact) mass is 275 g/mol. The van der Waals surface area contributed by atoms with Crippen molar-refractivity contribution >= 4 is 28.0 Å². The minimum absolute atomic E-state index is 0.0344. The Hall–Kier alpha value is -1.71. The molecule has 0 aliphatic carbocycles. The lowest BCUT2D eigenvalue weighted by molar-refractivity contribution is -0.121. The number of likely N-dealkylation sites (N-methyl/N-ethyl adjacent to an activating group) is 1. The van der Waals surface area contributed by atoms with E-state index in [1.54, 1.807) is 0 Å². The van der Waals surface area contributed by atoms with E-state index in [-0.39, 0.29) is 24.7 Å². The molecule has 3 rings (SSSR count). The Labute approximate surface area is 115 Å². The Morgan fingerprint density at radius 3 is 2.74 bits per heavy atom. The Bertz CT molecular complexity index is 614. The van der Waals surface area contributed by atoms with Gasteiger partial charge in [-0.1, -0.05) is 0 Å². The van der Waals surface area contributed by atoms with Gasteiger partial charge in [-0.15, -0.1) is 11.3 Å². The van der Waals surface area contributed by atoms with Crippen LogP contribution in [-0.4, -0.2) is 36.7 Å². The standard InChI is InChI=1S/C13H13N3O2S/c1-15-3-2-9-10(5-14)13(19-11(9)7-15)16-6-8(17)4-12(16)18/h2-4,6-7H2,1H3. The Morgan fingerprint density at radius 2 is 2.11 bits per heavy atom. The molecule has 0 spiro atoms. The highest BCUT2D eigenvalue weighted by Gasteiger charge is 2.34. The second kappa shape index (κ2) is 4.44. The van der Waals surface area contributed by atoms with Crippen molar-refractivity contribution in [3.8, 4) is 6.07 Å². The zero-order valence-electron chi connectivity index (χ0n) is 10.6. The quantitative estimate of drug-likeness (QED) is 0.715. The van der Waals surface area contributed by atoms with Gasteiger partial charge < -0.3 is 4.90 Å². The minimum Gasteiger partial charge on any atom is -0.301 e. The summed E-state index contributed by atoms with van der Waals surface area (Å²) >= 11 is 1.48. The maximum Gasteiger partial charge on any atom is 0.235 e. The fourth-order valence-corrected chi connectivity index (χ4v) is 3.98. The topological polar surface area (TPSA) is 64.4 Å². The van der Waals surface area contributed by atoms with Gasteiger partial charge in [0.25, 0.3) is 0 Å². The van der Waals surface area contributed by atoms with Crippen molar-refractivity contribution in [2.75, 3.05) is 25.0 Å². The first kappa shape index (κ1) is 12.3. The van der Waals surface area contributed by atoms with Gasteiger partial charge in [0.05, 0.1) is 18.5 Å². The average molecular weight is 275 g/mol. The second-order valence-electron chi connectivity index (χ2n) is 4.98. The number of nitriles is 1. The lowest BCUT2D eigenvalue weighted by atomic mass is 10.0. The Kier molecular flexibility index (Phi) is 2.88. The van der Waals surface area contributed by atoms with E-state index in [4.69, 9.17) is 0 Å². The van der Waals surface area contributed by atoms with Crippen LogP contribution in [0.15, 0.2) is 0 Å². The van der Waals surface area contributed by atoms with E-state index in [1.807, 2.05) is 7.05 Å². The maximum absolute atomic E-state index is 11.8. The number of nitrogens with zero attached hydrogens (tertiary/aromatic N) is 3. The van der Waals surface area contributed by atoms with Crippen molar-refractivity contribution < 1.29 is 9.59 Å². The molecule has 2 aliphatic rings. The van der Waals surface area contributed by atoms with Crippen molar-refractivity contribution in [3.63, 3.8) is 0 Å². The maximum atomic E-state index is 11.8. The van der Waals surface area contributed by atoms with Crippen LogP contribution in [0.25, 0.3) is 0 Å². The van der Waals surface area contributed by atoms with Crippen molar-refractivity contribution in [2.45, 2.75) is 19.4 Å². The molecular formula is C13H13N3O2S. The molecule has 6 heteroatoms. The Balaban J connectivity index is 2.05. The molecule has 1 aromatic heterocycles. The van der Waals surface area contributed by atoms with Crippen LogP contribution in [0.5, 0.6) is 0 Å². The summed E-state index contributed by atoms with van der Waals surface area (Å²) in [5, 5.41) is 10.0. The summed E-state index contributed by atoms with van der Waals surface area (Å²) in [5.41, 5.74) is 1.66. The number of thiophene rings is 1. The van der Waals surface area contributed by atoms with Crippen LogP contribution in [0.4, 0.5) is 5.00 Å². The summed E-state index contributed by atoms with van der Waals surface area (Å²) in [5.74, 6) is -0.258. The number of anilines is 1. The molecule has 98 valence electrons. The van der Waals surface area contributed by atoms with E-state index in [0.717, 1.165) is 30.0 Å². The molecule has 0 bridgehead atoms. The van der Waals surface area contributed by atoms with Gasteiger partial charge in [0.1, 0.15) is 11.1 Å². The molecule has 19 heavy (non-hydrogen) atoms. The largest absolute Gasteiger partial charge is 0.301 e. The molecule has 1 aromatic rings. The zero-order chi connectivity index (χ0) is 13.6. The molecule has 0 aromatic carbocycles. The molecule has 0 N–H and O–H groups in total. The SMILES string of the molecule is CN1CCc2c(sc(N3CC(=O)CC3=O)c2C#N)C1. The lowest BCUT2D eigenvalue weighted by Gasteiger charge is -2.21. The third-order valence-corrected chi connectivity index (χ3v) is 4.81. The molecule has 0 unspecified atom stereocenters. The number of ketones is 1. The summed E-state index contributed by atoms with van der Waals surface area (Å²) in [7, 11) is 2.04. The molecule has 0 atom stereocenters. The van der Waals surface area contributed by atoms with E-state index in [2.05, 4.69) is 11.0 Å². The first-order valence-electron chi connectivity index (χ1n) is 6.15. The predicted molar refractivity (Wildman–Crippen MR) is 71.0 cm³/mol. The van der Waals surface area contributed by atoms with Gasteiger partial charge in [-0.05, 0) is 19.0 Å². The van der Waals surface area contributed by atoms with E-state index >= 15 is 0 Å². The lowest BCUT2D eigenvalue weighted by Crippen LogP contribution is -2.25. The van der Waals surface area contributed by atoms with Gasteiger partial charge in [-0.3, -0.25) is 14.5 Å². The first-order valence-corrected chi connectivity index (χ1v) is 6.97. The summed E-state index contributed by atoms with van der Waals surface area (Å²) in [4.78, 5) is 28.0. The summed E-state index contributed by atoms with van der Waals surface area (Å²) in [6, 6.07) is 2.22. The fourth-order valence-electron chi connectivity index (χ4n) is 2.59. The van der Waals surface area contributed by atoms with Gasteiger partial charge in [0.15, 0.2) is 5.78 Å². The average Bonchev–Trinajstić information content (AvgIpc) is 2.88. The van der Waals surface area contributed by atoms with Crippen LogP contribution in [0.1, 0.15) is 22.4 Å². The van der Waals surface area contributed by atoms with Gasteiger partial charge >= 0.3 is 0 Å². The number of carbonyl (C=O) groups excluding carboxylic acids is 2. The number of amides is 1. The first-order chi connectivity index (χ1) is 9.10. The molecule has 0 radical (unpaired) electrons. The minimum atomic E-state index is -0.187. The molecule has 5 nitrogen and oxygen atoms in total. The number of fused-ring (bicyclic) bond motifs is 1. The number of Topliss-reactive ketones (excluding diaryl/α,β-unsaturated/α-hetero) is 1. The number of carbonyl (C=O) groups is 2. The molecule has 0 saturated carbocycles. The van der Waals surface area contributed by atoms with Crippen LogP contribution in [-0.2, 0) is 22.6 Å². The molecule has 3 heterocycles. The smallest absolute Gasteiger partial charge is 0.235 e. The third kappa shape index (κ3) is 1.95. The van der Waals surface area contributed by atoms with Crippen molar-refractivity contribution in [3.05, 3.63) is 16.0 Å². The van der Waals surface area contributed by atoms with Gasteiger partial charge in [0.2, 0.25) is 5.91 Å². The molecule has 1 amide bonds. The van der Waals surface area contributed by atoms with E-state index in [1.165, 1.54) is 16.2 Å². The van der Waals surface area contributed by atoms with Crippen molar-refractivity contribution in [1.29, 1.82) is 5.26 Å². The second-order valence-corrected chi connectivity index (χ2v) is 6.06. The number of rotatable bonds is 1. The van der Waals surface area contributed by atoms with Crippen molar-refractivity contribution in [2.24, 2.45) is 0 Å². The Morgan fingerprint density at radius 1 is 1.32 bits per heavy atom. The summed E-state index contributed by atoms with van der Waals surface area (Å²) < 4.78 is 0. The number of hydrogen-bond donors (Lipinski definition) is 0. The molecule has 1 fully saturated rings. The zero-order valence-corrected chi connectivity index (χ0v) is 11.4.